The monoisotopic (exact) mass is 431 g/mol. The molecule has 1 aromatic heterocycles. The van der Waals surface area contributed by atoms with Gasteiger partial charge in [0.2, 0.25) is 0 Å². The molecule has 4 rings (SSSR count). The Morgan fingerprint density at radius 2 is 1.58 bits per heavy atom. The number of aromatic nitrogens is 1. The first-order valence-corrected chi connectivity index (χ1v) is 10.6. The number of benzene rings is 2. The van der Waals surface area contributed by atoms with Gasteiger partial charge in [-0.2, -0.15) is 0 Å². The Labute approximate surface area is 186 Å². The summed E-state index contributed by atoms with van der Waals surface area (Å²) in [6.45, 7) is 3.20. The molecule has 2 amide bonds. The van der Waals surface area contributed by atoms with Gasteiger partial charge in [-0.1, -0.05) is 41.9 Å². The van der Waals surface area contributed by atoms with E-state index in [-0.39, 0.29) is 11.8 Å². The van der Waals surface area contributed by atoms with Gasteiger partial charge in [-0.05, 0) is 60.9 Å². The second-order valence-corrected chi connectivity index (χ2v) is 7.63. The molecule has 0 spiro atoms. The zero-order valence-corrected chi connectivity index (χ0v) is 17.9. The van der Waals surface area contributed by atoms with E-state index in [1.54, 1.807) is 36.7 Å². The summed E-state index contributed by atoms with van der Waals surface area (Å²) in [5.41, 5.74) is 3.23. The van der Waals surface area contributed by atoms with E-state index in [1.807, 2.05) is 54.3 Å². The lowest BCUT2D eigenvalue weighted by molar-refractivity contribution is -0.120. The number of likely N-dealkylation sites (N-methyl/N-ethyl adjacent to an activating group) is 1. The summed E-state index contributed by atoms with van der Waals surface area (Å²) < 4.78 is 0. The minimum atomic E-state index is -0.323. The molecular weight excluding hydrogens is 410 g/mol. The largest absolute Gasteiger partial charge is 0.366 e. The average molecular weight is 432 g/mol. The maximum atomic E-state index is 13.6. The van der Waals surface area contributed by atoms with Gasteiger partial charge in [0.15, 0.2) is 0 Å². The van der Waals surface area contributed by atoms with Crippen LogP contribution >= 0.6 is 11.6 Å². The predicted molar refractivity (Wildman–Crippen MR) is 122 cm³/mol. The Kier molecular flexibility index (Phi) is 6.14. The molecule has 1 aliphatic rings. The molecule has 0 fully saturated rings. The first-order valence-electron chi connectivity index (χ1n) is 10.2. The summed E-state index contributed by atoms with van der Waals surface area (Å²) in [6.07, 6.45) is 4.25. The molecular formula is C25H22ClN3O2. The van der Waals surface area contributed by atoms with E-state index >= 15 is 0 Å². The van der Waals surface area contributed by atoms with Crippen LogP contribution in [0.4, 0.5) is 5.69 Å². The number of amides is 2. The Bertz CT molecular complexity index is 1110. The maximum Gasteiger partial charge on any atom is 0.282 e. The first kappa shape index (κ1) is 20.8. The van der Waals surface area contributed by atoms with E-state index in [2.05, 4.69) is 4.98 Å². The summed E-state index contributed by atoms with van der Waals surface area (Å²) in [7, 11) is 0. The maximum absolute atomic E-state index is 13.6. The van der Waals surface area contributed by atoms with Crippen molar-refractivity contribution in [1.29, 1.82) is 0 Å². The van der Waals surface area contributed by atoms with Gasteiger partial charge in [-0.25, -0.2) is 4.90 Å². The molecule has 0 atom stereocenters. The lowest BCUT2D eigenvalue weighted by Gasteiger charge is -2.25. The van der Waals surface area contributed by atoms with E-state index in [4.69, 9.17) is 11.6 Å². The van der Waals surface area contributed by atoms with Crippen molar-refractivity contribution in [2.75, 3.05) is 18.0 Å². The van der Waals surface area contributed by atoms with Crippen molar-refractivity contribution in [2.24, 2.45) is 0 Å². The number of nitrogens with zero attached hydrogens (tertiary/aromatic N) is 3. The van der Waals surface area contributed by atoms with Crippen molar-refractivity contribution in [2.45, 2.75) is 13.3 Å². The molecule has 1 aliphatic heterocycles. The average Bonchev–Trinajstić information content (AvgIpc) is 3.06. The van der Waals surface area contributed by atoms with E-state index in [0.717, 1.165) is 17.5 Å². The summed E-state index contributed by atoms with van der Waals surface area (Å²) in [6, 6.07) is 20.0. The number of halogens is 1. The SMILES string of the molecule is CCN(CCc1ccncc1)C1=C(c2ccccc2)C(=O)N(c2ccc(Cl)cc2)C1=O. The van der Waals surface area contributed by atoms with Crippen molar-refractivity contribution in [1.82, 2.24) is 9.88 Å². The minimum absolute atomic E-state index is 0.317. The van der Waals surface area contributed by atoms with E-state index in [1.165, 1.54) is 4.90 Å². The van der Waals surface area contributed by atoms with Gasteiger partial charge in [0.1, 0.15) is 5.70 Å². The second-order valence-electron chi connectivity index (χ2n) is 7.20. The van der Waals surface area contributed by atoms with Crippen molar-refractivity contribution in [3.8, 4) is 0 Å². The third-order valence-corrected chi connectivity index (χ3v) is 5.58. The van der Waals surface area contributed by atoms with Gasteiger partial charge in [0, 0.05) is 30.5 Å². The molecule has 0 aliphatic carbocycles. The van der Waals surface area contributed by atoms with Crippen LogP contribution in [0.25, 0.3) is 5.57 Å². The zero-order chi connectivity index (χ0) is 21.8. The van der Waals surface area contributed by atoms with Crippen molar-refractivity contribution in [3.05, 3.63) is 101 Å². The quantitative estimate of drug-likeness (QED) is 0.514. The molecule has 0 unspecified atom stereocenters. The molecule has 31 heavy (non-hydrogen) atoms. The number of pyridine rings is 1. The van der Waals surface area contributed by atoms with Crippen molar-refractivity contribution in [3.63, 3.8) is 0 Å². The van der Waals surface area contributed by atoms with Crippen LogP contribution in [-0.4, -0.2) is 34.8 Å². The number of hydrogen-bond acceptors (Lipinski definition) is 4. The third-order valence-electron chi connectivity index (χ3n) is 5.32. The van der Waals surface area contributed by atoms with Gasteiger partial charge >= 0.3 is 0 Å². The molecule has 0 radical (unpaired) electrons. The number of hydrogen-bond donors (Lipinski definition) is 0. The van der Waals surface area contributed by atoms with Gasteiger partial charge in [0.05, 0.1) is 11.3 Å². The summed E-state index contributed by atoms with van der Waals surface area (Å²) in [5.74, 6) is -0.640. The molecule has 0 bridgehead atoms. The summed E-state index contributed by atoms with van der Waals surface area (Å²) >= 11 is 6.01. The van der Waals surface area contributed by atoms with E-state index in [0.29, 0.717) is 35.1 Å². The highest BCUT2D eigenvalue weighted by Gasteiger charge is 2.42. The molecule has 3 aromatic rings. The number of rotatable bonds is 7. The molecule has 0 N–H and O–H groups in total. The first-order chi connectivity index (χ1) is 15.1. The highest BCUT2D eigenvalue weighted by molar-refractivity contribution is 6.45. The highest BCUT2D eigenvalue weighted by atomic mass is 35.5. The molecule has 6 heteroatoms. The Hall–Kier alpha value is -3.44. The fraction of sp³-hybridized carbons (Fsp3) is 0.160. The van der Waals surface area contributed by atoms with Gasteiger partial charge in [0.25, 0.3) is 11.8 Å². The fourth-order valence-electron chi connectivity index (χ4n) is 3.74. The lowest BCUT2D eigenvalue weighted by atomic mass is 10.0. The van der Waals surface area contributed by atoms with Gasteiger partial charge in [-0.3, -0.25) is 14.6 Å². The van der Waals surface area contributed by atoms with E-state index < -0.39 is 0 Å². The Morgan fingerprint density at radius 3 is 2.23 bits per heavy atom. The molecule has 2 heterocycles. The summed E-state index contributed by atoms with van der Waals surface area (Å²) in [5, 5.41) is 0.548. The normalized spacial score (nSPS) is 13.8. The smallest absolute Gasteiger partial charge is 0.282 e. The standard InChI is InChI=1S/C25H22ClN3O2/c1-2-28(17-14-18-12-15-27-16-13-18)23-22(19-6-4-3-5-7-19)24(30)29(25(23)31)21-10-8-20(26)9-11-21/h3-13,15-16H,2,14,17H2,1H3. The Morgan fingerprint density at radius 1 is 0.903 bits per heavy atom. The highest BCUT2D eigenvalue weighted by Crippen LogP contribution is 2.35. The van der Waals surface area contributed by atoms with Gasteiger partial charge in [-0.15, -0.1) is 0 Å². The topological polar surface area (TPSA) is 53.5 Å². The number of anilines is 1. The fourth-order valence-corrected chi connectivity index (χ4v) is 3.87. The molecule has 156 valence electrons. The molecule has 2 aromatic carbocycles. The van der Waals surface area contributed by atoms with Crippen molar-refractivity contribution >= 4 is 34.7 Å². The van der Waals surface area contributed by atoms with Crippen LogP contribution in [0.3, 0.4) is 0 Å². The number of imide groups is 1. The lowest BCUT2D eigenvalue weighted by Crippen LogP contribution is -2.36. The van der Waals surface area contributed by atoms with Crippen LogP contribution in [0.2, 0.25) is 5.02 Å². The Balaban J connectivity index is 1.74. The minimum Gasteiger partial charge on any atom is -0.366 e. The van der Waals surface area contributed by atoms with Crippen molar-refractivity contribution < 1.29 is 9.59 Å². The van der Waals surface area contributed by atoms with E-state index in [9.17, 15) is 9.59 Å². The van der Waals surface area contributed by atoms with Crippen LogP contribution in [0.5, 0.6) is 0 Å². The number of carbonyl (C=O) groups excluding carboxylic acids is 2. The van der Waals surface area contributed by atoms with Crippen LogP contribution in [0.1, 0.15) is 18.1 Å². The number of carbonyl (C=O) groups is 2. The van der Waals surface area contributed by atoms with Gasteiger partial charge < -0.3 is 4.90 Å². The van der Waals surface area contributed by atoms with Crippen LogP contribution in [-0.2, 0) is 16.0 Å². The van der Waals surface area contributed by atoms with Crippen LogP contribution in [0.15, 0.2) is 84.8 Å². The molecule has 5 nitrogen and oxygen atoms in total. The summed E-state index contributed by atoms with van der Waals surface area (Å²) in [4.78, 5) is 34.3. The molecule has 0 saturated carbocycles. The predicted octanol–water partition coefficient (Wildman–Crippen LogP) is 4.58. The zero-order valence-electron chi connectivity index (χ0n) is 17.2. The van der Waals surface area contributed by atoms with Crippen LogP contribution < -0.4 is 4.90 Å². The van der Waals surface area contributed by atoms with Crippen LogP contribution in [0, 0.1) is 0 Å². The second kappa shape index (κ2) is 9.14. The third kappa shape index (κ3) is 4.23. The molecule has 0 saturated heterocycles.